The second-order valence-corrected chi connectivity index (χ2v) is 4.07. The summed E-state index contributed by atoms with van der Waals surface area (Å²) in [6.45, 7) is 5.17. The van der Waals surface area contributed by atoms with E-state index >= 15 is 0 Å². The number of aliphatic carboxylic acids is 1. The summed E-state index contributed by atoms with van der Waals surface area (Å²) in [6.07, 6.45) is 0.877. The van der Waals surface area contributed by atoms with Gasteiger partial charge in [0.25, 0.3) is 0 Å². The average Bonchev–Trinajstić information content (AvgIpc) is 1.85. The molecule has 3 heteroatoms. The normalized spacial score (nSPS) is 12.1. The molecule has 0 aliphatic heterocycles. The Morgan fingerprint density at radius 2 is 1.92 bits per heavy atom. The largest absolute Gasteiger partial charge is 0.550 e. The Bertz CT molecular complexity index is 153. The van der Waals surface area contributed by atoms with Crippen molar-refractivity contribution < 1.29 is 14.4 Å². The predicted octanol–water partition coefficient (Wildman–Crippen LogP) is 0.00130. The minimum absolute atomic E-state index is 0.175. The van der Waals surface area contributed by atoms with Crippen molar-refractivity contribution in [3.05, 3.63) is 0 Å². The van der Waals surface area contributed by atoms with Crippen molar-refractivity contribution in [3.63, 3.8) is 0 Å². The lowest BCUT2D eigenvalue weighted by atomic mass is 10.2. The van der Waals surface area contributed by atoms with Gasteiger partial charge in [0.05, 0.1) is 26.7 Å². The molecule has 0 fully saturated rings. The highest BCUT2D eigenvalue weighted by molar-refractivity contribution is 5.64. The molecule has 3 nitrogen and oxygen atoms in total. The molecule has 0 rings (SSSR count). The van der Waals surface area contributed by atoms with Gasteiger partial charge in [0.15, 0.2) is 0 Å². The lowest BCUT2D eigenvalue weighted by molar-refractivity contribution is -0.911. The van der Waals surface area contributed by atoms with Crippen LogP contribution in [0.15, 0.2) is 0 Å². The Balaban J connectivity index is 3.69. The van der Waals surface area contributed by atoms with Gasteiger partial charge in [-0.3, -0.25) is 0 Å². The van der Waals surface area contributed by atoms with E-state index in [1.165, 1.54) is 0 Å². The molecule has 0 radical (unpaired) electrons. The van der Waals surface area contributed by atoms with E-state index in [0.717, 1.165) is 11.0 Å². The molecular weight excluding hydrogens is 154 g/mol. The van der Waals surface area contributed by atoms with E-state index in [-0.39, 0.29) is 6.42 Å². The zero-order chi connectivity index (χ0) is 9.78. The quantitative estimate of drug-likeness (QED) is 0.549. The molecule has 0 spiro atoms. The van der Waals surface area contributed by atoms with Crippen molar-refractivity contribution in [1.82, 2.24) is 0 Å². The smallest absolute Gasteiger partial charge is 0.0829 e. The molecule has 0 aromatic carbocycles. The number of hydrogen-bond acceptors (Lipinski definition) is 2. The second-order valence-electron chi connectivity index (χ2n) is 4.07. The summed E-state index contributed by atoms with van der Waals surface area (Å²) >= 11 is 0. The van der Waals surface area contributed by atoms with Gasteiger partial charge < -0.3 is 14.4 Å². The van der Waals surface area contributed by atoms with Crippen LogP contribution in [0.2, 0.25) is 0 Å². The van der Waals surface area contributed by atoms with Crippen LogP contribution in [0.25, 0.3) is 0 Å². The second kappa shape index (κ2) is 4.45. The Kier molecular flexibility index (Phi) is 4.24. The number of quaternary nitrogens is 1. The zero-order valence-corrected chi connectivity index (χ0v) is 8.46. The Labute approximate surface area is 74.6 Å². The van der Waals surface area contributed by atoms with E-state index in [1.807, 2.05) is 0 Å². The van der Waals surface area contributed by atoms with Crippen molar-refractivity contribution in [2.45, 2.75) is 32.7 Å². The fraction of sp³-hybridized carbons (Fsp3) is 0.889. The highest BCUT2D eigenvalue weighted by atomic mass is 16.4. The first-order valence-corrected chi connectivity index (χ1v) is 4.39. The minimum atomic E-state index is -0.946. The number of nitrogens with zero attached hydrogens (tertiary/aromatic N) is 1. The van der Waals surface area contributed by atoms with Gasteiger partial charge in [0, 0.05) is 12.4 Å². The summed E-state index contributed by atoms with van der Waals surface area (Å²) in [6, 6.07) is 0.534. The van der Waals surface area contributed by atoms with E-state index in [1.54, 1.807) is 0 Å². The maximum Gasteiger partial charge on any atom is 0.0829 e. The summed E-state index contributed by atoms with van der Waals surface area (Å²) in [5, 5.41) is 10.1. The molecule has 0 aliphatic carbocycles. The van der Waals surface area contributed by atoms with Crippen LogP contribution in [-0.4, -0.2) is 37.1 Å². The number of hydrogen-bond donors (Lipinski definition) is 0. The number of carbonyl (C=O) groups excluding carboxylic acids is 1. The summed E-state index contributed by atoms with van der Waals surface area (Å²) in [7, 11) is 4.22. The molecule has 0 aromatic rings. The average molecular weight is 173 g/mol. The van der Waals surface area contributed by atoms with Crippen molar-refractivity contribution in [3.8, 4) is 0 Å². The summed E-state index contributed by atoms with van der Waals surface area (Å²) < 4.78 is 0.868. The fourth-order valence-electron chi connectivity index (χ4n) is 0.889. The number of carbonyl (C=O) groups is 1. The molecule has 72 valence electrons. The van der Waals surface area contributed by atoms with Gasteiger partial charge in [-0.15, -0.1) is 0 Å². The third-order valence-electron chi connectivity index (χ3n) is 2.51. The van der Waals surface area contributed by atoms with Crippen LogP contribution in [0.3, 0.4) is 0 Å². The van der Waals surface area contributed by atoms with Crippen LogP contribution in [-0.2, 0) is 4.79 Å². The molecule has 0 atom stereocenters. The maximum atomic E-state index is 10.1. The van der Waals surface area contributed by atoms with E-state index in [0.29, 0.717) is 12.5 Å². The molecule has 0 heterocycles. The van der Waals surface area contributed by atoms with Crippen molar-refractivity contribution in [2.24, 2.45) is 0 Å². The van der Waals surface area contributed by atoms with Crippen molar-refractivity contribution in [1.29, 1.82) is 0 Å². The van der Waals surface area contributed by atoms with Gasteiger partial charge in [0.2, 0.25) is 0 Å². The third-order valence-corrected chi connectivity index (χ3v) is 2.51. The van der Waals surface area contributed by atoms with Crippen LogP contribution in [0.1, 0.15) is 26.7 Å². The van der Waals surface area contributed by atoms with Gasteiger partial charge in [-0.25, -0.2) is 0 Å². The molecule has 0 saturated heterocycles. The summed E-state index contributed by atoms with van der Waals surface area (Å²) in [5.41, 5.74) is 0. The van der Waals surface area contributed by atoms with Gasteiger partial charge >= 0.3 is 0 Å². The van der Waals surface area contributed by atoms with Gasteiger partial charge in [-0.05, 0) is 20.3 Å². The van der Waals surface area contributed by atoms with E-state index in [4.69, 9.17) is 0 Å². The minimum Gasteiger partial charge on any atom is -0.550 e. The van der Waals surface area contributed by atoms with Crippen LogP contribution in [0, 0.1) is 0 Å². The molecule has 0 saturated carbocycles. The van der Waals surface area contributed by atoms with E-state index < -0.39 is 5.97 Å². The van der Waals surface area contributed by atoms with Crippen molar-refractivity contribution >= 4 is 5.97 Å². The maximum absolute atomic E-state index is 10.1. The topological polar surface area (TPSA) is 40.1 Å². The Morgan fingerprint density at radius 3 is 2.25 bits per heavy atom. The Morgan fingerprint density at radius 1 is 1.42 bits per heavy atom. The molecule has 0 aliphatic rings. The summed E-state index contributed by atoms with van der Waals surface area (Å²) in [5.74, 6) is -0.946. The van der Waals surface area contributed by atoms with Gasteiger partial charge in [0.1, 0.15) is 0 Å². The van der Waals surface area contributed by atoms with Crippen LogP contribution >= 0.6 is 0 Å². The number of carboxylic acid groups (broad SMARTS) is 1. The van der Waals surface area contributed by atoms with Gasteiger partial charge in [-0.1, -0.05) is 0 Å². The molecule has 0 amide bonds. The van der Waals surface area contributed by atoms with Crippen LogP contribution in [0.4, 0.5) is 0 Å². The first-order chi connectivity index (χ1) is 5.36. The fourth-order valence-corrected chi connectivity index (χ4v) is 0.889. The molecule has 0 bridgehead atoms. The molecule has 12 heavy (non-hydrogen) atoms. The highest BCUT2D eigenvalue weighted by Crippen LogP contribution is 2.07. The first-order valence-electron chi connectivity index (χ1n) is 4.39. The highest BCUT2D eigenvalue weighted by Gasteiger charge is 2.18. The molecule has 0 unspecified atom stereocenters. The molecule has 0 aromatic heterocycles. The Hall–Kier alpha value is -0.570. The first kappa shape index (κ1) is 11.4. The van der Waals surface area contributed by atoms with E-state index in [9.17, 15) is 9.90 Å². The lowest BCUT2D eigenvalue weighted by Gasteiger charge is -2.34. The number of rotatable bonds is 5. The van der Waals surface area contributed by atoms with Gasteiger partial charge in [-0.2, -0.15) is 0 Å². The molecular formula is C9H19NO2. The SMILES string of the molecule is CC(C)[N+](C)(C)CCCC(=O)[O-]. The monoisotopic (exact) mass is 173 g/mol. The van der Waals surface area contributed by atoms with E-state index in [2.05, 4.69) is 27.9 Å². The standard InChI is InChI=1S/C9H19NO2/c1-8(2)10(3,4)7-5-6-9(11)12/h8H,5-7H2,1-4H3. The van der Waals surface area contributed by atoms with Crippen LogP contribution < -0.4 is 5.11 Å². The van der Waals surface area contributed by atoms with Crippen molar-refractivity contribution in [2.75, 3.05) is 20.6 Å². The molecule has 0 N–H and O–H groups in total. The van der Waals surface area contributed by atoms with Crippen LogP contribution in [0.5, 0.6) is 0 Å². The number of carboxylic acids is 1. The lowest BCUT2D eigenvalue weighted by Crippen LogP contribution is -2.46. The third kappa shape index (κ3) is 4.34. The summed E-state index contributed by atoms with van der Waals surface area (Å²) in [4.78, 5) is 10.1. The predicted molar refractivity (Wildman–Crippen MR) is 46.4 cm³/mol. The zero-order valence-electron chi connectivity index (χ0n) is 8.46.